The summed E-state index contributed by atoms with van der Waals surface area (Å²) >= 11 is 0. The van der Waals surface area contributed by atoms with Gasteiger partial charge in [0.2, 0.25) is 0 Å². The molecule has 5 heteroatoms. The molecule has 0 radical (unpaired) electrons. The molecule has 1 aromatic rings. The van der Waals surface area contributed by atoms with Crippen LogP contribution in [0, 0.1) is 17.7 Å². The zero-order chi connectivity index (χ0) is 15.0. The number of hydrogen-bond donors (Lipinski definition) is 1. The van der Waals surface area contributed by atoms with E-state index in [9.17, 15) is 9.18 Å². The number of hydrogen-bond acceptors (Lipinski definition) is 3. The zero-order valence-corrected chi connectivity index (χ0v) is 12.4. The number of benzene rings is 1. The molecule has 1 aromatic carbocycles. The lowest BCUT2D eigenvalue weighted by Gasteiger charge is -2.27. The third-order valence-corrected chi connectivity index (χ3v) is 4.80. The molecule has 0 aromatic heterocycles. The molecule has 2 aliphatic heterocycles. The molecule has 2 fully saturated rings. The molecule has 1 N–H and O–H groups in total. The number of nitrogens with zero attached hydrogens (tertiary/aromatic N) is 1. The van der Waals surface area contributed by atoms with Crippen LogP contribution in [-0.2, 0) is 0 Å². The number of methoxy groups -OCH3 is 1. The molecule has 2 aliphatic rings. The highest BCUT2D eigenvalue weighted by Crippen LogP contribution is 2.35. The summed E-state index contributed by atoms with van der Waals surface area (Å²) < 4.78 is 19.1. The number of rotatable bonds is 3. The largest absolute Gasteiger partial charge is 0.497 e. The third-order valence-electron chi connectivity index (χ3n) is 4.80. The van der Waals surface area contributed by atoms with Crippen molar-refractivity contribution in [3.05, 3.63) is 29.6 Å². The van der Waals surface area contributed by atoms with Crippen molar-refractivity contribution in [1.29, 1.82) is 0 Å². The SMILES string of the molecule is CCC1C2CNCC2CN1C(=O)c1ccc(OC)cc1F. The van der Waals surface area contributed by atoms with Crippen molar-refractivity contribution in [3.63, 3.8) is 0 Å². The number of carbonyl (C=O) groups excluding carboxylic acids is 1. The van der Waals surface area contributed by atoms with E-state index in [0.29, 0.717) is 17.6 Å². The van der Waals surface area contributed by atoms with Crippen molar-refractivity contribution >= 4 is 5.91 Å². The van der Waals surface area contributed by atoms with Crippen LogP contribution in [0.25, 0.3) is 0 Å². The van der Waals surface area contributed by atoms with Gasteiger partial charge in [-0.1, -0.05) is 6.92 Å². The molecule has 1 amide bonds. The fourth-order valence-corrected chi connectivity index (χ4v) is 3.73. The minimum atomic E-state index is -0.510. The van der Waals surface area contributed by atoms with Gasteiger partial charge in [0.15, 0.2) is 0 Å². The maximum Gasteiger partial charge on any atom is 0.257 e. The van der Waals surface area contributed by atoms with Crippen LogP contribution in [0.2, 0.25) is 0 Å². The van der Waals surface area contributed by atoms with Crippen molar-refractivity contribution in [1.82, 2.24) is 10.2 Å². The summed E-state index contributed by atoms with van der Waals surface area (Å²) in [6, 6.07) is 4.64. The van der Waals surface area contributed by atoms with Gasteiger partial charge in [0.1, 0.15) is 11.6 Å². The summed E-state index contributed by atoms with van der Waals surface area (Å²) in [6.07, 6.45) is 0.909. The first-order valence-corrected chi connectivity index (χ1v) is 7.51. The Labute approximate surface area is 124 Å². The Balaban J connectivity index is 1.85. The fraction of sp³-hybridized carbons (Fsp3) is 0.562. The quantitative estimate of drug-likeness (QED) is 0.925. The fourth-order valence-electron chi connectivity index (χ4n) is 3.73. The Morgan fingerprint density at radius 3 is 2.95 bits per heavy atom. The summed E-state index contributed by atoms with van der Waals surface area (Å²) in [5.41, 5.74) is 0.141. The summed E-state index contributed by atoms with van der Waals surface area (Å²) in [6.45, 7) is 4.73. The molecule has 0 saturated carbocycles. The van der Waals surface area contributed by atoms with E-state index >= 15 is 0 Å². The maximum absolute atomic E-state index is 14.1. The standard InChI is InChI=1S/C16H21FN2O2/c1-3-15-13-8-18-7-10(13)9-19(15)16(20)12-5-4-11(21-2)6-14(12)17/h4-6,10,13,15,18H,3,7-9H2,1-2H3. The topological polar surface area (TPSA) is 41.6 Å². The summed E-state index contributed by atoms with van der Waals surface area (Å²) in [4.78, 5) is 14.6. The van der Waals surface area contributed by atoms with E-state index in [2.05, 4.69) is 12.2 Å². The van der Waals surface area contributed by atoms with Gasteiger partial charge >= 0.3 is 0 Å². The number of nitrogens with one attached hydrogen (secondary N) is 1. The third kappa shape index (κ3) is 2.39. The second kappa shape index (κ2) is 5.64. The van der Waals surface area contributed by atoms with Gasteiger partial charge in [0, 0.05) is 31.7 Å². The molecular weight excluding hydrogens is 271 g/mol. The van der Waals surface area contributed by atoms with Crippen LogP contribution in [0.3, 0.4) is 0 Å². The Kier molecular flexibility index (Phi) is 3.85. The summed E-state index contributed by atoms with van der Waals surface area (Å²) in [5.74, 6) is 0.722. The number of fused-ring (bicyclic) bond motifs is 1. The number of carbonyl (C=O) groups is 1. The average Bonchev–Trinajstić information content (AvgIpc) is 3.06. The molecule has 3 atom stereocenters. The minimum Gasteiger partial charge on any atom is -0.497 e. The maximum atomic E-state index is 14.1. The van der Waals surface area contributed by atoms with Gasteiger partial charge in [-0.2, -0.15) is 0 Å². The predicted molar refractivity (Wildman–Crippen MR) is 77.9 cm³/mol. The Morgan fingerprint density at radius 2 is 2.29 bits per heavy atom. The van der Waals surface area contributed by atoms with Crippen LogP contribution >= 0.6 is 0 Å². The smallest absolute Gasteiger partial charge is 0.257 e. The Bertz CT molecular complexity index is 549. The lowest BCUT2D eigenvalue weighted by atomic mass is 9.93. The van der Waals surface area contributed by atoms with Crippen LogP contribution in [0.15, 0.2) is 18.2 Å². The van der Waals surface area contributed by atoms with E-state index in [-0.39, 0.29) is 17.5 Å². The monoisotopic (exact) mass is 292 g/mol. The van der Waals surface area contributed by atoms with Crippen molar-refractivity contribution in [2.24, 2.45) is 11.8 Å². The normalized spacial score (nSPS) is 27.8. The Morgan fingerprint density at radius 1 is 1.48 bits per heavy atom. The van der Waals surface area contributed by atoms with Crippen molar-refractivity contribution < 1.29 is 13.9 Å². The number of likely N-dealkylation sites (tertiary alicyclic amines) is 1. The van der Waals surface area contributed by atoms with E-state index in [1.54, 1.807) is 6.07 Å². The number of halogens is 1. The highest BCUT2D eigenvalue weighted by atomic mass is 19.1. The molecule has 0 aliphatic carbocycles. The van der Waals surface area contributed by atoms with Gasteiger partial charge in [-0.05, 0) is 30.4 Å². The Hall–Kier alpha value is -1.62. The van der Waals surface area contributed by atoms with Crippen LogP contribution in [0.1, 0.15) is 23.7 Å². The van der Waals surface area contributed by atoms with E-state index in [1.807, 2.05) is 4.90 Å². The lowest BCUT2D eigenvalue weighted by molar-refractivity contribution is 0.0707. The first-order valence-electron chi connectivity index (χ1n) is 7.51. The lowest BCUT2D eigenvalue weighted by Crippen LogP contribution is -2.39. The van der Waals surface area contributed by atoms with Crippen LogP contribution in [0.5, 0.6) is 5.75 Å². The second-order valence-corrected chi connectivity index (χ2v) is 5.86. The second-order valence-electron chi connectivity index (χ2n) is 5.86. The zero-order valence-electron chi connectivity index (χ0n) is 12.4. The predicted octanol–water partition coefficient (Wildman–Crippen LogP) is 1.90. The van der Waals surface area contributed by atoms with E-state index in [4.69, 9.17) is 4.74 Å². The van der Waals surface area contributed by atoms with Gasteiger partial charge in [-0.15, -0.1) is 0 Å². The van der Waals surface area contributed by atoms with Gasteiger partial charge in [-0.25, -0.2) is 4.39 Å². The van der Waals surface area contributed by atoms with Gasteiger partial charge in [0.25, 0.3) is 5.91 Å². The molecule has 2 heterocycles. The van der Waals surface area contributed by atoms with Crippen LogP contribution in [-0.4, -0.2) is 43.6 Å². The first kappa shape index (κ1) is 14.3. The van der Waals surface area contributed by atoms with E-state index < -0.39 is 5.82 Å². The minimum absolute atomic E-state index is 0.141. The van der Waals surface area contributed by atoms with E-state index in [1.165, 1.54) is 19.2 Å². The first-order chi connectivity index (χ1) is 10.2. The molecule has 2 saturated heterocycles. The number of ether oxygens (including phenoxy) is 1. The number of amides is 1. The van der Waals surface area contributed by atoms with Crippen molar-refractivity contribution in [2.45, 2.75) is 19.4 Å². The van der Waals surface area contributed by atoms with E-state index in [0.717, 1.165) is 26.1 Å². The van der Waals surface area contributed by atoms with Crippen molar-refractivity contribution in [2.75, 3.05) is 26.7 Å². The van der Waals surface area contributed by atoms with Crippen molar-refractivity contribution in [3.8, 4) is 5.75 Å². The molecular formula is C16H21FN2O2. The summed E-state index contributed by atoms with van der Waals surface area (Å²) in [7, 11) is 1.48. The highest BCUT2D eigenvalue weighted by molar-refractivity contribution is 5.95. The van der Waals surface area contributed by atoms with Gasteiger partial charge in [0.05, 0.1) is 12.7 Å². The molecule has 21 heavy (non-hydrogen) atoms. The van der Waals surface area contributed by atoms with Gasteiger partial charge in [-0.3, -0.25) is 4.79 Å². The highest BCUT2D eigenvalue weighted by Gasteiger charge is 2.45. The molecule has 114 valence electrons. The average molecular weight is 292 g/mol. The molecule has 3 rings (SSSR count). The molecule has 3 unspecified atom stereocenters. The summed E-state index contributed by atoms with van der Waals surface area (Å²) in [5, 5.41) is 3.39. The molecule has 4 nitrogen and oxygen atoms in total. The van der Waals surface area contributed by atoms with Gasteiger partial charge < -0.3 is 15.0 Å². The van der Waals surface area contributed by atoms with Crippen LogP contribution < -0.4 is 10.1 Å². The molecule has 0 spiro atoms. The molecule has 0 bridgehead atoms. The van der Waals surface area contributed by atoms with Crippen LogP contribution in [0.4, 0.5) is 4.39 Å².